The second kappa shape index (κ2) is 2.49. The molecule has 1 aromatic rings. The van der Waals surface area contributed by atoms with Gasteiger partial charge in [0.05, 0.1) is 5.56 Å². The molecule has 0 aliphatic carbocycles. The van der Waals surface area contributed by atoms with Crippen molar-refractivity contribution in [1.29, 1.82) is 5.41 Å². The summed E-state index contributed by atoms with van der Waals surface area (Å²) in [6.45, 7) is 0. The molecule has 0 aliphatic heterocycles. The van der Waals surface area contributed by atoms with Gasteiger partial charge in [-0.2, -0.15) is 0 Å². The van der Waals surface area contributed by atoms with E-state index < -0.39 is 0 Å². The van der Waals surface area contributed by atoms with Gasteiger partial charge in [0.15, 0.2) is 0 Å². The summed E-state index contributed by atoms with van der Waals surface area (Å²) in [5.74, 6) is -0.222. The summed E-state index contributed by atoms with van der Waals surface area (Å²) >= 11 is 0. The van der Waals surface area contributed by atoms with Crippen molar-refractivity contribution in [2.24, 2.45) is 5.73 Å². The summed E-state index contributed by atoms with van der Waals surface area (Å²) in [7, 11) is 0. The summed E-state index contributed by atoms with van der Waals surface area (Å²) < 4.78 is 0. The number of rotatable bonds is 1. The zero-order chi connectivity index (χ0) is 8.43. The quantitative estimate of drug-likeness (QED) is 0.263. The second-order valence-corrected chi connectivity index (χ2v) is 2.19. The van der Waals surface area contributed by atoms with E-state index in [0.29, 0.717) is 11.3 Å². The maximum absolute atomic E-state index is 9.16. The summed E-state index contributed by atoms with van der Waals surface area (Å²) in [5.41, 5.74) is 11.3. The average molecular weight is 151 g/mol. The molecule has 0 heterocycles. The van der Waals surface area contributed by atoms with Crippen molar-refractivity contribution >= 4 is 11.5 Å². The maximum Gasteiger partial charge on any atom is 0.128 e. The van der Waals surface area contributed by atoms with Crippen LogP contribution in [-0.4, -0.2) is 10.9 Å². The van der Waals surface area contributed by atoms with Crippen molar-refractivity contribution in [2.45, 2.75) is 0 Å². The first-order chi connectivity index (χ1) is 5.11. The second-order valence-electron chi connectivity index (χ2n) is 2.19. The topological polar surface area (TPSA) is 96.1 Å². The van der Waals surface area contributed by atoms with Crippen molar-refractivity contribution in [2.75, 3.05) is 5.73 Å². The average Bonchev–Trinajstić information content (AvgIpc) is 1.85. The molecule has 0 unspecified atom stereocenters. The molecule has 0 saturated carbocycles. The molecule has 0 radical (unpaired) electrons. The molecule has 6 N–H and O–H groups in total. The van der Waals surface area contributed by atoms with Crippen LogP contribution in [0.25, 0.3) is 0 Å². The molecule has 11 heavy (non-hydrogen) atoms. The highest BCUT2D eigenvalue weighted by Gasteiger charge is 2.02. The largest absolute Gasteiger partial charge is 0.507 e. The fourth-order valence-corrected chi connectivity index (χ4v) is 0.776. The number of hydrogen-bond acceptors (Lipinski definition) is 3. The Kier molecular flexibility index (Phi) is 1.68. The number of nitrogens with two attached hydrogens (primary N) is 2. The van der Waals surface area contributed by atoms with Crippen LogP contribution in [0.3, 0.4) is 0 Å². The standard InChI is InChI=1S/C7H9N3O/c8-4-1-2-5(7(9)10)6(11)3-4/h1-3,11H,8H2,(H3,9,10). The van der Waals surface area contributed by atoms with Gasteiger partial charge >= 0.3 is 0 Å². The lowest BCUT2D eigenvalue weighted by Gasteiger charge is -2.01. The minimum absolute atomic E-state index is 0.0579. The van der Waals surface area contributed by atoms with Gasteiger partial charge in [-0.15, -0.1) is 0 Å². The summed E-state index contributed by atoms with van der Waals surface area (Å²) in [4.78, 5) is 0. The van der Waals surface area contributed by atoms with Crippen LogP contribution >= 0.6 is 0 Å². The van der Waals surface area contributed by atoms with Gasteiger partial charge in [-0.3, -0.25) is 5.41 Å². The molecule has 0 spiro atoms. The Morgan fingerprint density at radius 2 is 2.09 bits per heavy atom. The highest BCUT2D eigenvalue weighted by atomic mass is 16.3. The number of amidine groups is 1. The Balaban J connectivity index is 3.20. The molecule has 0 saturated heterocycles. The Labute approximate surface area is 64.0 Å². The predicted molar refractivity (Wildman–Crippen MR) is 43.5 cm³/mol. The van der Waals surface area contributed by atoms with E-state index >= 15 is 0 Å². The van der Waals surface area contributed by atoms with Crippen molar-refractivity contribution < 1.29 is 5.11 Å². The van der Waals surface area contributed by atoms with E-state index in [9.17, 15) is 0 Å². The monoisotopic (exact) mass is 151 g/mol. The van der Waals surface area contributed by atoms with Crippen molar-refractivity contribution in [3.63, 3.8) is 0 Å². The van der Waals surface area contributed by atoms with Gasteiger partial charge in [0.2, 0.25) is 0 Å². The van der Waals surface area contributed by atoms with Crippen molar-refractivity contribution in [3.05, 3.63) is 23.8 Å². The Bertz CT molecular complexity index is 296. The highest BCUT2D eigenvalue weighted by Crippen LogP contribution is 2.18. The summed E-state index contributed by atoms with van der Waals surface area (Å²) in [5, 5.41) is 16.2. The van der Waals surface area contributed by atoms with E-state index in [1.165, 1.54) is 12.1 Å². The molecule has 0 fully saturated rings. The third-order valence-corrected chi connectivity index (χ3v) is 1.31. The predicted octanol–water partition coefficient (Wildman–Crippen LogP) is 0.258. The van der Waals surface area contributed by atoms with Gasteiger partial charge in [-0.1, -0.05) is 0 Å². The SMILES string of the molecule is N=C(N)c1ccc(N)cc1O. The van der Waals surface area contributed by atoms with Gasteiger partial charge in [-0.05, 0) is 12.1 Å². The van der Waals surface area contributed by atoms with Crippen molar-refractivity contribution in [1.82, 2.24) is 0 Å². The van der Waals surface area contributed by atoms with Crippen LogP contribution in [0, 0.1) is 5.41 Å². The summed E-state index contributed by atoms with van der Waals surface area (Å²) in [6.07, 6.45) is 0. The van der Waals surface area contributed by atoms with E-state index in [0.717, 1.165) is 0 Å². The van der Waals surface area contributed by atoms with E-state index in [2.05, 4.69) is 0 Å². The van der Waals surface area contributed by atoms with E-state index in [1.807, 2.05) is 0 Å². The smallest absolute Gasteiger partial charge is 0.128 e. The number of nitrogens with one attached hydrogen (secondary N) is 1. The molecule has 0 bridgehead atoms. The fraction of sp³-hybridized carbons (Fsp3) is 0. The molecule has 4 heteroatoms. The van der Waals surface area contributed by atoms with E-state index in [-0.39, 0.29) is 11.6 Å². The number of phenols is 1. The maximum atomic E-state index is 9.16. The third-order valence-electron chi connectivity index (χ3n) is 1.31. The van der Waals surface area contributed by atoms with Gasteiger partial charge in [0, 0.05) is 11.8 Å². The summed E-state index contributed by atoms with van der Waals surface area (Å²) in [6, 6.07) is 4.44. The lowest BCUT2D eigenvalue weighted by Crippen LogP contribution is -2.11. The third kappa shape index (κ3) is 1.40. The number of benzene rings is 1. The van der Waals surface area contributed by atoms with Crippen LogP contribution in [0.2, 0.25) is 0 Å². The van der Waals surface area contributed by atoms with Crippen LogP contribution in [0.5, 0.6) is 5.75 Å². The molecule has 0 amide bonds. The number of hydrogen-bond donors (Lipinski definition) is 4. The number of anilines is 1. The minimum atomic E-state index is -0.164. The Morgan fingerprint density at radius 3 is 2.55 bits per heavy atom. The Hall–Kier alpha value is -1.71. The fourth-order valence-electron chi connectivity index (χ4n) is 0.776. The Morgan fingerprint density at radius 1 is 1.45 bits per heavy atom. The number of phenolic OH excluding ortho intramolecular Hbond substituents is 1. The molecule has 0 aliphatic rings. The highest BCUT2D eigenvalue weighted by molar-refractivity contribution is 5.97. The molecule has 1 rings (SSSR count). The molecular formula is C7H9N3O. The van der Waals surface area contributed by atoms with Gasteiger partial charge < -0.3 is 16.6 Å². The zero-order valence-electron chi connectivity index (χ0n) is 5.83. The molecular weight excluding hydrogens is 142 g/mol. The van der Waals surface area contributed by atoms with Crippen LogP contribution in [0.4, 0.5) is 5.69 Å². The van der Waals surface area contributed by atoms with Crippen molar-refractivity contribution in [3.8, 4) is 5.75 Å². The lowest BCUT2D eigenvalue weighted by atomic mass is 10.1. The van der Waals surface area contributed by atoms with E-state index in [1.54, 1.807) is 6.07 Å². The first kappa shape index (κ1) is 7.40. The first-order valence-corrected chi connectivity index (χ1v) is 3.04. The van der Waals surface area contributed by atoms with E-state index in [4.69, 9.17) is 22.0 Å². The normalized spacial score (nSPS) is 9.45. The van der Waals surface area contributed by atoms with Gasteiger partial charge in [0.1, 0.15) is 11.6 Å². The number of nitrogen functional groups attached to an aromatic ring is 2. The molecule has 1 aromatic carbocycles. The minimum Gasteiger partial charge on any atom is -0.507 e. The van der Waals surface area contributed by atoms with Crippen LogP contribution in [0.1, 0.15) is 5.56 Å². The molecule has 4 nitrogen and oxygen atoms in total. The first-order valence-electron chi connectivity index (χ1n) is 3.04. The molecule has 0 atom stereocenters. The van der Waals surface area contributed by atoms with Gasteiger partial charge in [0.25, 0.3) is 0 Å². The van der Waals surface area contributed by atoms with Crippen LogP contribution < -0.4 is 11.5 Å². The number of aromatic hydroxyl groups is 1. The van der Waals surface area contributed by atoms with Crippen LogP contribution in [-0.2, 0) is 0 Å². The molecule has 58 valence electrons. The van der Waals surface area contributed by atoms with Crippen LogP contribution in [0.15, 0.2) is 18.2 Å². The molecule has 0 aromatic heterocycles. The van der Waals surface area contributed by atoms with Gasteiger partial charge in [-0.25, -0.2) is 0 Å². The lowest BCUT2D eigenvalue weighted by molar-refractivity contribution is 0.474. The zero-order valence-corrected chi connectivity index (χ0v) is 5.83.